The molecule has 1 heterocycles. The molecule has 1 aromatic rings. The second-order valence-corrected chi connectivity index (χ2v) is 5.92. The summed E-state index contributed by atoms with van der Waals surface area (Å²) in [4.78, 5) is 13.9. The first-order valence-electron chi connectivity index (χ1n) is 6.40. The summed E-state index contributed by atoms with van der Waals surface area (Å²) >= 11 is 3.54. The summed E-state index contributed by atoms with van der Waals surface area (Å²) in [5, 5.41) is 4.36. The third kappa shape index (κ3) is 3.47. The average molecular weight is 328 g/mol. The quantitative estimate of drug-likeness (QED) is 0.779. The minimum Gasteiger partial charge on any atom is -0.330 e. The van der Waals surface area contributed by atoms with Crippen molar-refractivity contribution in [2.75, 3.05) is 0 Å². The second kappa shape index (κ2) is 6.37. The molecule has 0 aliphatic carbocycles. The van der Waals surface area contributed by atoms with E-state index in [1.165, 1.54) is 6.08 Å². The van der Waals surface area contributed by atoms with Gasteiger partial charge in [0.25, 0.3) is 0 Å². The van der Waals surface area contributed by atoms with Gasteiger partial charge in [0.05, 0.1) is 22.4 Å². The highest BCUT2D eigenvalue weighted by atomic mass is 79.9. The number of amides is 1. The molecule has 0 bridgehead atoms. The van der Waals surface area contributed by atoms with Crippen LogP contribution in [0.2, 0.25) is 0 Å². The van der Waals surface area contributed by atoms with Crippen molar-refractivity contribution in [1.29, 1.82) is 0 Å². The van der Waals surface area contributed by atoms with Gasteiger partial charge in [-0.2, -0.15) is 5.10 Å². The van der Waals surface area contributed by atoms with Crippen LogP contribution in [-0.2, 0) is 18.4 Å². The molecule has 0 spiro atoms. The number of aromatic nitrogens is 2. The van der Waals surface area contributed by atoms with E-state index in [1.54, 1.807) is 0 Å². The Morgan fingerprint density at radius 3 is 2.47 bits per heavy atom. The lowest BCUT2D eigenvalue weighted by Crippen LogP contribution is -2.40. The predicted molar refractivity (Wildman–Crippen MR) is 80.7 cm³/mol. The zero-order chi connectivity index (χ0) is 14.7. The van der Waals surface area contributed by atoms with Gasteiger partial charge in [0, 0.05) is 13.1 Å². The van der Waals surface area contributed by atoms with Crippen LogP contribution in [0.1, 0.15) is 32.2 Å². The maximum absolute atomic E-state index is 12.1. The highest BCUT2D eigenvalue weighted by Crippen LogP contribution is 2.23. The summed E-state index contributed by atoms with van der Waals surface area (Å²) in [5.74, 6) is 0.337. The lowest BCUT2D eigenvalue weighted by Gasteiger charge is -2.31. The van der Waals surface area contributed by atoms with E-state index in [0.717, 1.165) is 15.9 Å². The molecule has 1 unspecified atom stereocenters. The molecule has 1 aromatic heterocycles. The van der Waals surface area contributed by atoms with Gasteiger partial charge in [0.1, 0.15) is 0 Å². The molecule has 1 amide bonds. The number of carbonyl (C=O) groups is 1. The largest absolute Gasteiger partial charge is 0.330 e. The minimum atomic E-state index is -0.0491. The molecule has 4 nitrogen and oxygen atoms in total. The molecule has 1 atom stereocenters. The van der Waals surface area contributed by atoms with Crippen molar-refractivity contribution in [3.63, 3.8) is 0 Å². The molecule has 0 aliphatic heterocycles. The number of aryl methyl sites for hydroxylation is 2. The van der Waals surface area contributed by atoms with E-state index >= 15 is 0 Å². The van der Waals surface area contributed by atoms with Gasteiger partial charge in [-0.15, -0.1) is 0 Å². The Balaban J connectivity index is 3.07. The Bertz CT molecular complexity index is 479. The zero-order valence-corrected chi connectivity index (χ0v) is 13.9. The molecule has 0 aromatic carbocycles. The van der Waals surface area contributed by atoms with E-state index in [9.17, 15) is 4.79 Å². The van der Waals surface area contributed by atoms with Crippen LogP contribution < -0.4 is 0 Å². The first-order valence-corrected chi connectivity index (χ1v) is 7.19. The number of carbonyl (C=O) groups excluding carboxylic acids is 1. The summed E-state index contributed by atoms with van der Waals surface area (Å²) in [7, 11) is 1.89. The molecule has 0 saturated heterocycles. The molecular weight excluding hydrogens is 306 g/mol. The highest BCUT2D eigenvalue weighted by molar-refractivity contribution is 9.10. The normalized spacial score (nSPS) is 12.6. The SMILES string of the molecule is C=CC(=O)N(Cc1c(Br)c(C)nn1C)C(C)C(C)C. The third-order valence-electron chi connectivity index (χ3n) is 3.50. The standard InChI is InChI=1S/C14H22BrN3O/c1-7-13(19)18(11(5)9(2)3)8-12-14(15)10(4)16-17(12)6/h7,9,11H,1,8H2,2-6H3. The second-order valence-electron chi connectivity index (χ2n) is 5.12. The Labute approximate surface area is 123 Å². The Hall–Kier alpha value is -1.10. The van der Waals surface area contributed by atoms with Crippen LogP contribution in [0.25, 0.3) is 0 Å². The lowest BCUT2D eigenvalue weighted by atomic mass is 10.0. The van der Waals surface area contributed by atoms with Gasteiger partial charge in [-0.3, -0.25) is 9.48 Å². The summed E-state index contributed by atoms with van der Waals surface area (Å²) in [6.07, 6.45) is 1.37. The van der Waals surface area contributed by atoms with E-state index in [1.807, 2.05) is 23.6 Å². The van der Waals surface area contributed by atoms with Crippen LogP contribution in [0.5, 0.6) is 0 Å². The highest BCUT2D eigenvalue weighted by Gasteiger charge is 2.23. The first-order chi connectivity index (χ1) is 8.79. The van der Waals surface area contributed by atoms with Crippen molar-refractivity contribution < 1.29 is 4.79 Å². The van der Waals surface area contributed by atoms with Gasteiger partial charge < -0.3 is 4.90 Å². The van der Waals surface area contributed by atoms with Gasteiger partial charge in [0.15, 0.2) is 0 Å². The predicted octanol–water partition coefficient (Wildman–Crippen LogP) is 3.05. The molecule has 0 fully saturated rings. The summed E-state index contributed by atoms with van der Waals surface area (Å²) in [6, 6.07) is 0.146. The van der Waals surface area contributed by atoms with Crippen molar-refractivity contribution in [2.45, 2.75) is 40.3 Å². The Morgan fingerprint density at radius 1 is 1.53 bits per heavy atom. The fourth-order valence-electron chi connectivity index (χ4n) is 1.91. The van der Waals surface area contributed by atoms with E-state index in [2.05, 4.69) is 48.4 Å². The summed E-state index contributed by atoms with van der Waals surface area (Å²) in [5.41, 5.74) is 1.93. The van der Waals surface area contributed by atoms with E-state index in [-0.39, 0.29) is 11.9 Å². The Kier molecular flexibility index (Phi) is 5.35. The molecule has 106 valence electrons. The maximum Gasteiger partial charge on any atom is 0.246 e. The monoisotopic (exact) mass is 327 g/mol. The van der Waals surface area contributed by atoms with Crippen LogP contribution in [-0.4, -0.2) is 26.6 Å². The van der Waals surface area contributed by atoms with Crippen LogP contribution >= 0.6 is 15.9 Å². The van der Waals surface area contributed by atoms with Crippen molar-refractivity contribution in [3.05, 3.63) is 28.5 Å². The molecule has 5 heteroatoms. The number of nitrogens with zero attached hydrogens (tertiary/aromatic N) is 3. The van der Waals surface area contributed by atoms with Crippen LogP contribution in [0, 0.1) is 12.8 Å². The average Bonchev–Trinajstić information content (AvgIpc) is 2.59. The molecular formula is C14H22BrN3O. The van der Waals surface area contributed by atoms with Crippen molar-refractivity contribution in [2.24, 2.45) is 13.0 Å². The minimum absolute atomic E-state index is 0.0491. The molecule has 0 radical (unpaired) electrons. The van der Waals surface area contributed by atoms with Crippen LogP contribution in [0.3, 0.4) is 0 Å². The fraction of sp³-hybridized carbons (Fsp3) is 0.571. The van der Waals surface area contributed by atoms with Gasteiger partial charge >= 0.3 is 0 Å². The number of hydrogen-bond acceptors (Lipinski definition) is 2. The molecule has 1 rings (SSSR count). The van der Waals surface area contributed by atoms with Crippen LogP contribution in [0.15, 0.2) is 17.1 Å². The van der Waals surface area contributed by atoms with Crippen molar-refractivity contribution in [1.82, 2.24) is 14.7 Å². The number of hydrogen-bond donors (Lipinski definition) is 0. The van der Waals surface area contributed by atoms with Gasteiger partial charge in [-0.05, 0) is 41.8 Å². The van der Waals surface area contributed by atoms with Crippen LogP contribution in [0.4, 0.5) is 0 Å². The number of halogens is 1. The van der Waals surface area contributed by atoms with Crippen molar-refractivity contribution in [3.8, 4) is 0 Å². The van der Waals surface area contributed by atoms with Crippen molar-refractivity contribution >= 4 is 21.8 Å². The summed E-state index contributed by atoms with van der Waals surface area (Å²) < 4.78 is 2.78. The Morgan fingerprint density at radius 2 is 2.11 bits per heavy atom. The van der Waals surface area contributed by atoms with E-state index in [4.69, 9.17) is 0 Å². The zero-order valence-electron chi connectivity index (χ0n) is 12.3. The van der Waals surface area contributed by atoms with Gasteiger partial charge in [0.2, 0.25) is 5.91 Å². The fourth-order valence-corrected chi connectivity index (χ4v) is 2.37. The van der Waals surface area contributed by atoms with Gasteiger partial charge in [-0.25, -0.2) is 0 Å². The topological polar surface area (TPSA) is 38.1 Å². The van der Waals surface area contributed by atoms with E-state index in [0.29, 0.717) is 12.5 Å². The lowest BCUT2D eigenvalue weighted by molar-refractivity contribution is -0.129. The molecule has 0 N–H and O–H groups in total. The maximum atomic E-state index is 12.1. The first kappa shape index (κ1) is 16.0. The smallest absolute Gasteiger partial charge is 0.246 e. The number of rotatable bonds is 5. The summed E-state index contributed by atoms with van der Waals surface area (Å²) in [6.45, 7) is 12.3. The van der Waals surface area contributed by atoms with Gasteiger partial charge in [-0.1, -0.05) is 20.4 Å². The third-order valence-corrected chi connectivity index (χ3v) is 4.53. The molecule has 0 saturated carbocycles. The molecule has 19 heavy (non-hydrogen) atoms. The molecule has 0 aliphatic rings. The van der Waals surface area contributed by atoms with E-state index < -0.39 is 0 Å².